The third kappa shape index (κ3) is 2.26. The first kappa shape index (κ1) is 15.0. The van der Waals surface area contributed by atoms with E-state index in [0.29, 0.717) is 5.65 Å². The number of fused-ring (bicyclic) bond motifs is 2. The molecule has 1 aromatic carbocycles. The van der Waals surface area contributed by atoms with Crippen molar-refractivity contribution in [2.24, 2.45) is 5.92 Å². The number of nitrogens with zero attached hydrogens (tertiary/aromatic N) is 3. The van der Waals surface area contributed by atoms with Crippen molar-refractivity contribution in [3.05, 3.63) is 60.6 Å². The number of rotatable bonds is 3. The third-order valence-electron chi connectivity index (χ3n) is 4.85. The fourth-order valence-corrected chi connectivity index (χ4v) is 3.32. The maximum Gasteiger partial charge on any atom is 0.189 e. The van der Waals surface area contributed by atoms with Gasteiger partial charge in [0, 0.05) is 28.9 Å². The first-order valence-electron chi connectivity index (χ1n) is 8.43. The van der Waals surface area contributed by atoms with Crippen LogP contribution in [-0.2, 0) is 0 Å². The lowest BCUT2D eigenvalue weighted by Crippen LogP contribution is -2.10. The number of carbonyl (C=O) groups excluding carboxylic acids is 1. The molecule has 1 aliphatic rings. The van der Waals surface area contributed by atoms with Gasteiger partial charge in [-0.15, -0.1) is 0 Å². The average molecular weight is 346 g/mol. The van der Waals surface area contributed by atoms with E-state index in [2.05, 4.69) is 9.97 Å². The van der Waals surface area contributed by atoms with Gasteiger partial charge >= 0.3 is 0 Å². The Morgan fingerprint density at radius 2 is 2.00 bits per heavy atom. The zero-order chi connectivity index (χ0) is 17.8. The van der Waals surface area contributed by atoms with Crippen LogP contribution < -0.4 is 5.73 Å². The maximum atomic E-state index is 13.3. The summed E-state index contributed by atoms with van der Waals surface area (Å²) < 4.78 is 15.0. The molecule has 0 bridgehead atoms. The van der Waals surface area contributed by atoms with Crippen molar-refractivity contribution in [2.45, 2.75) is 12.6 Å². The quantitative estimate of drug-likeness (QED) is 0.575. The van der Waals surface area contributed by atoms with E-state index in [1.54, 1.807) is 16.7 Å². The highest BCUT2D eigenvalue weighted by Crippen LogP contribution is 2.38. The Balaban J connectivity index is 1.65. The molecule has 5 rings (SSSR count). The number of anilines is 1. The van der Waals surface area contributed by atoms with Gasteiger partial charge in [0.15, 0.2) is 11.6 Å². The number of ketones is 1. The van der Waals surface area contributed by atoms with Crippen LogP contribution in [0.5, 0.6) is 0 Å². The van der Waals surface area contributed by atoms with Crippen LogP contribution in [0, 0.1) is 5.92 Å². The number of hydrogen-bond donors (Lipinski definition) is 1. The second kappa shape index (κ2) is 5.36. The summed E-state index contributed by atoms with van der Waals surface area (Å²) in [6.45, 7) is 0. The van der Waals surface area contributed by atoms with Crippen molar-refractivity contribution in [1.82, 2.24) is 14.4 Å². The largest absolute Gasteiger partial charge is 0.382 e. The van der Waals surface area contributed by atoms with E-state index in [1.165, 1.54) is 0 Å². The molecule has 2 N–H and O–H groups in total. The maximum absolute atomic E-state index is 13.3. The predicted molar refractivity (Wildman–Crippen MR) is 97.7 cm³/mol. The van der Waals surface area contributed by atoms with E-state index in [0.717, 1.165) is 22.0 Å². The number of benzene rings is 1. The zero-order valence-electron chi connectivity index (χ0n) is 13.8. The minimum Gasteiger partial charge on any atom is -0.382 e. The predicted octanol–water partition coefficient (Wildman–Crippen LogP) is 3.67. The third-order valence-corrected chi connectivity index (χ3v) is 4.85. The Labute approximate surface area is 148 Å². The topological polar surface area (TPSA) is 73.3 Å². The average Bonchev–Trinajstić information content (AvgIpc) is 3.29. The van der Waals surface area contributed by atoms with Gasteiger partial charge in [0.2, 0.25) is 0 Å². The van der Waals surface area contributed by atoms with Gasteiger partial charge in [-0.25, -0.2) is 9.37 Å². The van der Waals surface area contributed by atoms with Gasteiger partial charge in [-0.05, 0) is 30.7 Å². The number of imidazole rings is 1. The normalized spacial score (nSPS) is 19.1. The smallest absolute Gasteiger partial charge is 0.189 e. The number of para-hydroxylation sites is 1. The fraction of sp³-hybridized carbons (Fsp3) is 0.150. The monoisotopic (exact) mass is 346 g/mol. The molecule has 0 saturated heterocycles. The minimum atomic E-state index is -1.07. The van der Waals surface area contributed by atoms with Crippen LogP contribution in [0.1, 0.15) is 16.9 Å². The molecule has 0 unspecified atom stereocenters. The molecule has 1 fully saturated rings. The van der Waals surface area contributed by atoms with Gasteiger partial charge in [0.05, 0.1) is 11.4 Å². The highest BCUT2D eigenvalue weighted by molar-refractivity contribution is 6.03. The van der Waals surface area contributed by atoms with Crippen LogP contribution in [0.25, 0.3) is 27.7 Å². The number of halogens is 1. The van der Waals surface area contributed by atoms with Crippen LogP contribution in [0.4, 0.5) is 10.2 Å². The number of nitrogen functional groups attached to an aromatic ring is 1. The molecule has 2 atom stereocenters. The summed E-state index contributed by atoms with van der Waals surface area (Å²) in [5.41, 5.74) is 9.50. The van der Waals surface area contributed by atoms with Gasteiger partial charge in [-0.2, -0.15) is 0 Å². The second-order valence-corrected chi connectivity index (χ2v) is 6.63. The second-order valence-electron chi connectivity index (χ2n) is 6.63. The molecule has 3 heterocycles. The summed E-state index contributed by atoms with van der Waals surface area (Å²) in [6.07, 6.45) is 2.80. The Morgan fingerprint density at radius 1 is 1.19 bits per heavy atom. The molecule has 3 aromatic heterocycles. The van der Waals surface area contributed by atoms with Crippen molar-refractivity contribution < 1.29 is 9.18 Å². The molecule has 4 aromatic rings. The van der Waals surface area contributed by atoms with E-state index in [9.17, 15) is 9.18 Å². The van der Waals surface area contributed by atoms with E-state index in [-0.39, 0.29) is 23.7 Å². The molecular weight excluding hydrogens is 331 g/mol. The zero-order valence-corrected chi connectivity index (χ0v) is 13.8. The van der Waals surface area contributed by atoms with Crippen molar-refractivity contribution in [3.63, 3.8) is 0 Å². The van der Waals surface area contributed by atoms with E-state index < -0.39 is 12.1 Å². The number of carbonyl (C=O) groups is 1. The number of nitrogens with two attached hydrogens (primary N) is 1. The number of alkyl halides is 1. The van der Waals surface area contributed by atoms with Crippen LogP contribution in [0.3, 0.4) is 0 Å². The molecule has 128 valence electrons. The van der Waals surface area contributed by atoms with E-state index in [1.807, 2.05) is 42.6 Å². The number of aromatic nitrogens is 3. The summed E-state index contributed by atoms with van der Waals surface area (Å²) in [5.74, 6) is -0.734. The van der Waals surface area contributed by atoms with Crippen molar-refractivity contribution in [1.29, 1.82) is 0 Å². The van der Waals surface area contributed by atoms with E-state index >= 15 is 0 Å². The first-order valence-corrected chi connectivity index (χ1v) is 8.43. The van der Waals surface area contributed by atoms with Gasteiger partial charge in [-0.3, -0.25) is 14.2 Å². The Hall–Kier alpha value is -3.28. The Morgan fingerprint density at radius 3 is 2.81 bits per heavy atom. The van der Waals surface area contributed by atoms with Crippen LogP contribution in [-0.4, -0.2) is 26.3 Å². The van der Waals surface area contributed by atoms with Gasteiger partial charge in [0.1, 0.15) is 17.5 Å². The lowest BCUT2D eigenvalue weighted by atomic mass is 10.1. The summed E-state index contributed by atoms with van der Waals surface area (Å²) in [5, 5.41) is 1.03. The molecule has 0 radical (unpaired) electrons. The Kier molecular flexibility index (Phi) is 3.09. The molecule has 0 aliphatic heterocycles. The van der Waals surface area contributed by atoms with Crippen LogP contribution >= 0.6 is 0 Å². The lowest BCUT2D eigenvalue weighted by molar-refractivity contribution is 0.0952. The lowest BCUT2D eigenvalue weighted by Gasteiger charge is -2.06. The molecule has 0 amide bonds. The van der Waals surface area contributed by atoms with Gasteiger partial charge in [-0.1, -0.05) is 18.2 Å². The summed E-state index contributed by atoms with van der Waals surface area (Å²) in [7, 11) is 0. The van der Waals surface area contributed by atoms with Gasteiger partial charge < -0.3 is 5.73 Å². The van der Waals surface area contributed by atoms with Gasteiger partial charge in [0.25, 0.3) is 0 Å². The molecule has 1 saturated carbocycles. The minimum absolute atomic E-state index is 0.142. The molecule has 26 heavy (non-hydrogen) atoms. The van der Waals surface area contributed by atoms with Crippen molar-refractivity contribution in [2.75, 3.05) is 5.73 Å². The number of pyridine rings is 2. The summed E-state index contributed by atoms with van der Waals surface area (Å²) in [4.78, 5) is 21.3. The highest BCUT2D eigenvalue weighted by atomic mass is 19.1. The standard InChI is InChI=1S/C20H15FN4O/c21-15-8-14(15)19(26)18-20(22)24-17-6-5-12(10-25(17)18)13-7-11-3-1-2-4-16(11)23-9-13/h1-7,9-10,14-15H,8,22H2/t14-,15+/m1/s1. The number of Topliss-reactive ketones (excluding diaryl/α,β-unsaturated/α-hetero) is 1. The van der Waals surface area contributed by atoms with Crippen LogP contribution in [0.15, 0.2) is 54.9 Å². The van der Waals surface area contributed by atoms with Crippen molar-refractivity contribution >= 4 is 28.2 Å². The summed E-state index contributed by atoms with van der Waals surface area (Å²) >= 11 is 0. The first-order chi connectivity index (χ1) is 12.6. The Bertz CT molecular complexity index is 1180. The van der Waals surface area contributed by atoms with Crippen molar-refractivity contribution in [3.8, 4) is 11.1 Å². The molecule has 0 spiro atoms. The highest BCUT2D eigenvalue weighted by Gasteiger charge is 2.45. The molecule has 6 heteroatoms. The van der Waals surface area contributed by atoms with Crippen LogP contribution in [0.2, 0.25) is 0 Å². The molecule has 5 nitrogen and oxygen atoms in total. The molecule has 1 aliphatic carbocycles. The SMILES string of the molecule is Nc1nc2ccc(-c3cnc4ccccc4c3)cn2c1C(=O)[C@@H]1C[C@@H]1F. The number of hydrogen-bond acceptors (Lipinski definition) is 4. The molecular formula is C20H15FN4O. The fourth-order valence-electron chi connectivity index (χ4n) is 3.32. The van der Waals surface area contributed by atoms with E-state index in [4.69, 9.17) is 5.73 Å². The summed E-state index contributed by atoms with van der Waals surface area (Å²) in [6, 6.07) is 13.6.